The summed E-state index contributed by atoms with van der Waals surface area (Å²) in [6.45, 7) is 0. The number of hydrogen-bond donors (Lipinski definition) is 1. The Kier molecular flexibility index (Phi) is 3.50. The van der Waals surface area contributed by atoms with Crippen LogP contribution in [0.2, 0.25) is 0 Å². The fourth-order valence-electron chi connectivity index (χ4n) is 5.31. The standard InChI is InChI=1S/C24H23N/c1-2-10-18(11-3-1)24(19-12-4-5-13-19)20-14-6-8-16-22(20)25-23-17-9-7-15-21(23)24/h1-12,14-17,20-23,25H,13H2. The highest BCUT2D eigenvalue weighted by Gasteiger charge is 2.55. The molecular weight excluding hydrogens is 302 g/mol. The molecule has 4 aliphatic rings. The monoisotopic (exact) mass is 325 g/mol. The minimum absolute atomic E-state index is 0.00609. The molecule has 1 saturated heterocycles. The maximum Gasteiger partial charge on any atom is 0.0333 e. The lowest BCUT2D eigenvalue weighted by Gasteiger charge is -2.56. The van der Waals surface area contributed by atoms with Crippen LogP contribution in [0.25, 0.3) is 0 Å². The summed E-state index contributed by atoms with van der Waals surface area (Å²) in [5.74, 6) is 0.840. The van der Waals surface area contributed by atoms with Crippen molar-refractivity contribution >= 4 is 0 Å². The normalized spacial score (nSPS) is 37.7. The van der Waals surface area contributed by atoms with Crippen LogP contribution in [0.4, 0.5) is 0 Å². The lowest BCUT2D eigenvalue weighted by molar-refractivity contribution is 0.157. The smallest absolute Gasteiger partial charge is 0.0333 e. The molecule has 0 amide bonds. The van der Waals surface area contributed by atoms with Gasteiger partial charge in [-0.05, 0) is 12.0 Å². The molecule has 3 aliphatic carbocycles. The molecule has 1 heterocycles. The second-order valence-corrected chi connectivity index (χ2v) is 7.37. The van der Waals surface area contributed by atoms with Crippen molar-refractivity contribution < 1.29 is 0 Å². The molecule has 0 bridgehead atoms. The maximum atomic E-state index is 3.88. The van der Waals surface area contributed by atoms with Crippen molar-refractivity contribution in [3.05, 3.63) is 108 Å². The predicted octanol–water partition coefficient (Wildman–Crippen LogP) is 4.64. The lowest BCUT2D eigenvalue weighted by Crippen LogP contribution is -2.63. The molecule has 5 rings (SSSR count). The highest BCUT2D eigenvalue weighted by molar-refractivity contribution is 5.51. The number of hydrogen-bond acceptors (Lipinski definition) is 1. The summed E-state index contributed by atoms with van der Waals surface area (Å²) >= 11 is 0. The van der Waals surface area contributed by atoms with Crippen LogP contribution in [0.3, 0.4) is 0 Å². The van der Waals surface area contributed by atoms with Crippen LogP contribution in [0.15, 0.2) is 103 Å². The van der Waals surface area contributed by atoms with Crippen molar-refractivity contribution in [1.29, 1.82) is 0 Å². The van der Waals surface area contributed by atoms with Gasteiger partial charge in [0.2, 0.25) is 0 Å². The first-order chi connectivity index (χ1) is 12.4. The molecule has 4 atom stereocenters. The van der Waals surface area contributed by atoms with Crippen LogP contribution >= 0.6 is 0 Å². The number of benzene rings is 1. The van der Waals surface area contributed by atoms with Gasteiger partial charge >= 0.3 is 0 Å². The van der Waals surface area contributed by atoms with Gasteiger partial charge in [0.25, 0.3) is 0 Å². The Bertz CT molecular complexity index is 800. The van der Waals surface area contributed by atoms with Gasteiger partial charge in [-0.25, -0.2) is 0 Å². The molecule has 1 nitrogen and oxygen atoms in total. The molecule has 1 N–H and O–H groups in total. The molecule has 1 fully saturated rings. The first-order valence-corrected chi connectivity index (χ1v) is 9.28. The van der Waals surface area contributed by atoms with Crippen molar-refractivity contribution in [2.45, 2.75) is 23.9 Å². The number of allylic oxidation sites excluding steroid dienone is 8. The molecule has 4 unspecified atom stereocenters. The second kappa shape index (κ2) is 5.86. The number of fused-ring (bicyclic) bond motifs is 2. The van der Waals surface area contributed by atoms with Crippen molar-refractivity contribution in [3.63, 3.8) is 0 Å². The topological polar surface area (TPSA) is 12.0 Å². The van der Waals surface area contributed by atoms with E-state index in [1.807, 2.05) is 0 Å². The molecule has 0 radical (unpaired) electrons. The first kappa shape index (κ1) is 14.9. The van der Waals surface area contributed by atoms with Crippen molar-refractivity contribution in [1.82, 2.24) is 5.32 Å². The molecule has 1 aliphatic heterocycles. The van der Waals surface area contributed by atoms with E-state index >= 15 is 0 Å². The van der Waals surface area contributed by atoms with Crippen LogP contribution in [0.5, 0.6) is 0 Å². The second-order valence-electron chi connectivity index (χ2n) is 7.37. The Morgan fingerprint density at radius 2 is 1.40 bits per heavy atom. The van der Waals surface area contributed by atoms with Gasteiger partial charge in [-0.15, -0.1) is 0 Å². The zero-order valence-electron chi connectivity index (χ0n) is 14.3. The SMILES string of the molecule is C1=CCC(C2(c3ccccc3)C3C=CC=CC3NC3C=CC=CC32)=C1. The summed E-state index contributed by atoms with van der Waals surface area (Å²) < 4.78 is 0. The Balaban J connectivity index is 1.78. The van der Waals surface area contributed by atoms with Crippen LogP contribution < -0.4 is 5.32 Å². The van der Waals surface area contributed by atoms with E-state index in [1.165, 1.54) is 5.56 Å². The molecule has 25 heavy (non-hydrogen) atoms. The fraction of sp³-hybridized carbons (Fsp3) is 0.250. The highest BCUT2D eigenvalue weighted by Crippen LogP contribution is 2.55. The van der Waals surface area contributed by atoms with Crippen molar-refractivity contribution in [2.24, 2.45) is 11.8 Å². The summed E-state index contributed by atoms with van der Waals surface area (Å²) in [6.07, 6.45) is 26.3. The molecule has 0 aromatic heterocycles. The summed E-state index contributed by atoms with van der Waals surface area (Å²) in [5.41, 5.74) is 2.98. The summed E-state index contributed by atoms with van der Waals surface area (Å²) in [7, 11) is 0. The van der Waals surface area contributed by atoms with E-state index in [-0.39, 0.29) is 5.41 Å². The Morgan fingerprint density at radius 1 is 0.760 bits per heavy atom. The summed E-state index contributed by atoms with van der Waals surface area (Å²) in [5, 5.41) is 3.88. The van der Waals surface area contributed by atoms with Crippen molar-refractivity contribution in [3.8, 4) is 0 Å². The fourth-order valence-corrected chi connectivity index (χ4v) is 5.31. The highest BCUT2D eigenvalue weighted by atomic mass is 15.0. The molecule has 1 aromatic rings. The van der Waals surface area contributed by atoms with Crippen LogP contribution in [0.1, 0.15) is 12.0 Å². The predicted molar refractivity (Wildman–Crippen MR) is 104 cm³/mol. The zero-order chi connectivity index (χ0) is 16.7. The van der Waals surface area contributed by atoms with Crippen LogP contribution in [-0.4, -0.2) is 12.1 Å². The van der Waals surface area contributed by atoms with E-state index in [2.05, 4.69) is 102 Å². The number of piperidine rings is 1. The zero-order valence-corrected chi connectivity index (χ0v) is 14.3. The maximum absolute atomic E-state index is 3.88. The van der Waals surface area contributed by atoms with E-state index < -0.39 is 0 Å². The average Bonchev–Trinajstić information content (AvgIpc) is 3.22. The van der Waals surface area contributed by atoms with Gasteiger partial charge in [0.1, 0.15) is 0 Å². The van der Waals surface area contributed by atoms with Gasteiger partial charge in [-0.2, -0.15) is 0 Å². The van der Waals surface area contributed by atoms with E-state index in [0.29, 0.717) is 23.9 Å². The summed E-state index contributed by atoms with van der Waals surface area (Å²) in [4.78, 5) is 0. The average molecular weight is 325 g/mol. The van der Waals surface area contributed by atoms with Gasteiger partial charge in [0.05, 0.1) is 0 Å². The molecule has 1 heteroatoms. The van der Waals surface area contributed by atoms with Crippen LogP contribution in [0, 0.1) is 11.8 Å². The van der Waals surface area contributed by atoms with Gasteiger partial charge in [-0.1, -0.05) is 103 Å². The first-order valence-electron chi connectivity index (χ1n) is 9.28. The Hall–Kier alpha value is -2.38. The third kappa shape index (κ3) is 2.12. The Labute approximate surface area is 149 Å². The van der Waals surface area contributed by atoms with E-state index in [4.69, 9.17) is 0 Å². The molecule has 0 saturated carbocycles. The van der Waals surface area contributed by atoms with Gasteiger partial charge in [-0.3, -0.25) is 0 Å². The van der Waals surface area contributed by atoms with Crippen molar-refractivity contribution in [2.75, 3.05) is 0 Å². The third-order valence-electron chi connectivity index (χ3n) is 6.26. The largest absolute Gasteiger partial charge is 0.303 e. The molecule has 0 spiro atoms. The number of nitrogens with one attached hydrogen (secondary N) is 1. The molecule has 1 aromatic carbocycles. The van der Waals surface area contributed by atoms with Gasteiger partial charge in [0.15, 0.2) is 0 Å². The van der Waals surface area contributed by atoms with E-state index in [1.54, 1.807) is 5.57 Å². The molecule has 124 valence electrons. The van der Waals surface area contributed by atoms with E-state index in [9.17, 15) is 0 Å². The van der Waals surface area contributed by atoms with E-state index in [0.717, 1.165) is 6.42 Å². The Morgan fingerprint density at radius 3 is 2.00 bits per heavy atom. The van der Waals surface area contributed by atoms with Gasteiger partial charge < -0.3 is 5.32 Å². The third-order valence-corrected chi connectivity index (χ3v) is 6.26. The lowest BCUT2D eigenvalue weighted by atomic mass is 9.51. The number of rotatable bonds is 2. The minimum Gasteiger partial charge on any atom is -0.303 e. The summed E-state index contributed by atoms with van der Waals surface area (Å²) in [6, 6.07) is 11.9. The van der Waals surface area contributed by atoms with Gasteiger partial charge in [0, 0.05) is 29.3 Å². The minimum atomic E-state index is -0.00609. The van der Waals surface area contributed by atoms with Crippen LogP contribution in [-0.2, 0) is 5.41 Å². The molecular formula is C24H23N. The quantitative estimate of drug-likeness (QED) is 0.835.